The number of piperidine rings is 1. The second-order valence-electron chi connectivity index (χ2n) is 7.45. The number of aryl methyl sites for hydroxylation is 1. The zero-order valence-corrected chi connectivity index (χ0v) is 15.6. The first kappa shape index (κ1) is 18.4. The molecule has 2 unspecified atom stereocenters. The first-order chi connectivity index (χ1) is 12.5. The minimum atomic E-state index is -0.563. The highest BCUT2D eigenvalue weighted by atomic mass is 16.2. The van der Waals surface area contributed by atoms with Gasteiger partial charge in [0.1, 0.15) is 11.9 Å². The van der Waals surface area contributed by atoms with Crippen LogP contribution in [0.3, 0.4) is 0 Å². The van der Waals surface area contributed by atoms with Crippen molar-refractivity contribution in [3.8, 4) is 0 Å². The zero-order chi connectivity index (χ0) is 18.7. The van der Waals surface area contributed by atoms with Crippen molar-refractivity contribution in [3.63, 3.8) is 0 Å². The number of urea groups is 1. The molecule has 6 nitrogen and oxygen atoms in total. The van der Waals surface area contributed by atoms with Crippen LogP contribution in [0.4, 0.5) is 4.79 Å². The van der Waals surface area contributed by atoms with Crippen molar-refractivity contribution in [3.05, 3.63) is 35.4 Å². The number of nitrogens with zero attached hydrogens (tertiary/aromatic N) is 2. The number of hydrogen-bond acceptors (Lipinski definition) is 3. The quantitative estimate of drug-likeness (QED) is 0.874. The van der Waals surface area contributed by atoms with Crippen molar-refractivity contribution in [2.45, 2.75) is 52.1 Å². The Labute approximate surface area is 155 Å². The maximum atomic E-state index is 13.0. The fourth-order valence-electron chi connectivity index (χ4n) is 3.76. The van der Waals surface area contributed by atoms with Gasteiger partial charge in [0.05, 0.1) is 0 Å². The average Bonchev–Trinajstić information content (AvgIpc) is 3.17. The average molecular weight is 356 g/mol. The molecule has 1 aromatic rings. The van der Waals surface area contributed by atoms with Gasteiger partial charge in [0.25, 0.3) is 0 Å². The molecule has 0 aliphatic carbocycles. The highest BCUT2D eigenvalue weighted by Crippen LogP contribution is 2.27. The van der Waals surface area contributed by atoms with E-state index in [1.54, 1.807) is 0 Å². The number of hydrogen-bond donors (Lipinski definition) is 2. The van der Waals surface area contributed by atoms with E-state index >= 15 is 0 Å². The predicted octanol–water partition coefficient (Wildman–Crippen LogP) is 2.90. The van der Waals surface area contributed by atoms with Crippen LogP contribution in [0.5, 0.6) is 0 Å². The van der Waals surface area contributed by atoms with Gasteiger partial charge in [-0.2, -0.15) is 0 Å². The summed E-state index contributed by atoms with van der Waals surface area (Å²) in [6, 6.07) is 7.06. The number of carbonyl (C=O) groups is 2. The molecule has 2 heterocycles. The molecular formula is C20H28N4O2. The summed E-state index contributed by atoms with van der Waals surface area (Å²) in [5.41, 5.74) is 2.17. The highest BCUT2D eigenvalue weighted by molar-refractivity contribution is 6.01. The number of rotatable bonds is 3. The zero-order valence-electron chi connectivity index (χ0n) is 15.6. The summed E-state index contributed by atoms with van der Waals surface area (Å²) in [6.07, 6.45) is 3.33. The Hall–Kier alpha value is -2.37. The van der Waals surface area contributed by atoms with Crippen LogP contribution in [0, 0.1) is 18.3 Å². The Morgan fingerprint density at radius 2 is 1.85 bits per heavy atom. The van der Waals surface area contributed by atoms with Crippen molar-refractivity contribution in [1.82, 2.24) is 15.1 Å². The third-order valence-electron chi connectivity index (χ3n) is 5.40. The minimum Gasteiger partial charge on any atom is -0.341 e. The Balaban J connectivity index is 1.72. The van der Waals surface area contributed by atoms with E-state index < -0.39 is 6.04 Å². The molecule has 0 saturated carbocycles. The van der Waals surface area contributed by atoms with Gasteiger partial charge in [-0.05, 0) is 37.7 Å². The van der Waals surface area contributed by atoms with Crippen molar-refractivity contribution in [2.24, 2.45) is 5.92 Å². The lowest BCUT2D eigenvalue weighted by atomic mass is 9.89. The highest BCUT2D eigenvalue weighted by Gasteiger charge is 2.42. The largest absolute Gasteiger partial charge is 0.341 e. The van der Waals surface area contributed by atoms with Gasteiger partial charge >= 0.3 is 6.03 Å². The number of amides is 3. The monoisotopic (exact) mass is 356 g/mol. The van der Waals surface area contributed by atoms with Crippen LogP contribution in [-0.2, 0) is 11.3 Å². The molecular weight excluding hydrogens is 328 g/mol. The number of benzene rings is 1. The lowest BCUT2D eigenvalue weighted by Gasteiger charge is -2.40. The van der Waals surface area contributed by atoms with Gasteiger partial charge in [-0.1, -0.05) is 36.8 Å². The number of likely N-dealkylation sites (tertiary alicyclic amines) is 2. The summed E-state index contributed by atoms with van der Waals surface area (Å²) in [4.78, 5) is 29.1. The smallest absolute Gasteiger partial charge is 0.323 e. The lowest BCUT2D eigenvalue weighted by Crippen LogP contribution is -2.60. The molecule has 2 atom stereocenters. The van der Waals surface area contributed by atoms with E-state index in [9.17, 15) is 9.59 Å². The molecule has 2 aliphatic rings. The van der Waals surface area contributed by atoms with Gasteiger partial charge in [0.15, 0.2) is 0 Å². The summed E-state index contributed by atoms with van der Waals surface area (Å²) < 4.78 is 0. The number of amidine groups is 1. The molecule has 2 saturated heterocycles. The van der Waals surface area contributed by atoms with Crippen LogP contribution in [-0.4, -0.2) is 46.7 Å². The van der Waals surface area contributed by atoms with E-state index in [-0.39, 0.29) is 23.7 Å². The van der Waals surface area contributed by atoms with Gasteiger partial charge in [-0.15, -0.1) is 0 Å². The first-order valence-corrected chi connectivity index (χ1v) is 9.46. The molecule has 3 amide bonds. The third kappa shape index (κ3) is 3.89. The van der Waals surface area contributed by atoms with E-state index in [1.807, 2.05) is 43.0 Å². The molecule has 6 heteroatoms. The van der Waals surface area contributed by atoms with E-state index in [0.29, 0.717) is 13.0 Å². The van der Waals surface area contributed by atoms with Crippen LogP contribution in [0.25, 0.3) is 0 Å². The molecule has 140 valence electrons. The number of nitrogens with one attached hydrogen (secondary N) is 2. The van der Waals surface area contributed by atoms with Gasteiger partial charge in [-0.3, -0.25) is 15.1 Å². The molecule has 0 spiro atoms. The molecule has 2 aliphatic heterocycles. The first-order valence-electron chi connectivity index (χ1n) is 9.46. The Kier molecular flexibility index (Phi) is 5.59. The van der Waals surface area contributed by atoms with Crippen LogP contribution in [0.15, 0.2) is 24.3 Å². The molecule has 3 rings (SSSR count). The molecule has 0 aromatic heterocycles. The van der Waals surface area contributed by atoms with Crippen LogP contribution in [0.2, 0.25) is 0 Å². The fourth-order valence-corrected chi connectivity index (χ4v) is 3.76. The SMILES string of the molecule is Cc1ccc(CNC(=O)N2C(=N)CCC(C)C2C(=O)N2CCCC2)cc1. The Morgan fingerprint density at radius 3 is 2.50 bits per heavy atom. The number of carbonyl (C=O) groups excluding carboxylic acids is 2. The van der Waals surface area contributed by atoms with Crippen LogP contribution < -0.4 is 5.32 Å². The van der Waals surface area contributed by atoms with Crippen molar-refractivity contribution in [2.75, 3.05) is 13.1 Å². The van der Waals surface area contributed by atoms with Crippen LogP contribution >= 0.6 is 0 Å². The summed E-state index contributed by atoms with van der Waals surface area (Å²) in [5, 5.41) is 11.2. The maximum Gasteiger partial charge on any atom is 0.323 e. The molecule has 0 bridgehead atoms. The summed E-state index contributed by atoms with van der Waals surface area (Å²) >= 11 is 0. The predicted molar refractivity (Wildman–Crippen MR) is 101 cm³/mol. The van der Waals surface area contributed by atoms with Crippen LogP contribution in [0.1, 0.15) is 43.7 Å². The summed E-state index contributed by atoms with van der Waals surface area (Å²) in [7, 11) is 0. The van der Waals surface area contributed by atoms with Gasteiger partial charge < -0.3 is 10.2 Å². The van der Waals surface area contributed by atoms with E-state index in [0.717, 1.165) is 37.9 Å². The van der Waals surface area contributed by atoms with Gasteiger partial charge in [0.2, 0.25) is 5.91 Å². The molecule has 0 radical (unpaired) electrons. The molecule has 2 fully saturated rings. The lowest BCUT2D eigenvalue weighted by molar-refractivity contribution is -0.135. The standard InChI is InChI=1S/C20H28N4O2/c1-14-5-8-16(9-6-14)13-22-20(26)24-17(21)10-7-15(2)18(24)19(25)23-11-3-4-12-23/h5-6,8-9,15,18,21H,3-4,7,10-13H2,1-2H3,(H,22,26). The maximum absolute atomic E-state index is 13.0. The Bertz CT molecular complexity index is 680. The molecule has 2 N–H and O–H groups in total. The minimum absolute atomic E-state index is 0.00932. The van der Waals surface area contributed by atoms with Crippen molar-refractivity contribution >= 4 is 17.8 Å². The van der Waals surface area contributed by atoms with E-state index in [2.05, 4.69) is 5.32 Å². The van der Waals surface area contributed by atoms with E-state index in [4.69, 9.17) is 5.41 Å². The summed E-state index contributed by atoms with van der Waals surface area (Å²) in [6.45, 7) is 5.93. The van der Waals surface area contributed by atoms with Gasteiger partial charge in [-0.25, -0.2) is 4.79 Å². The van der Waals surface area contributed by atoms with Crippen molar-refractivity contribution < 1.29 is 9.59 Å². The summed E-state index contributed by atoms with van der Waals surface area (Å²) in [5.74, 6) is 0.286. The molecule has 1 aromatic carbocycles. The van der Waals surface area contributed by atoms with Crippen molar-refractivity contribution in [1.29, 1.82) is 5.41 Å². The van der Waals surface area contributed by atoms with E-state index in [1.165, 1.54) is 10.5 Å². The normalized spacial score (nSPS) is 23.2. The fraction of sp³-hybridized carbons (Fsp3) is 0.550. The van der Waals surface area contributed by atoms with Gasteiger partial charge in [0, 0.05) is 26.1 Å². The third-order valence-corrected chi connectivity index (χ3v) is 5.40. The Morgan fingerprint density at radius 1 is 1.19 bits per heavy atom. The second-order valence-corrected chi connectivity index (χ2v) is 7.45. The second kappa shape index (κ2) is 7.89. The topological polar surface area (TPSA) is 76.5 Å². The molecule has 26 heavy (non-hydrogen) atoms.